The summed E-state index contributed by atoms with van der Waals surface area (Å²) in [5.74, 6) is 2.07. The van der Waals surface area contributed by atoms with E-state index in [1.165, 1.54) is 11.8 Å². The molecule has 132 valence electrons. The molecule has 3 heterocycles. The van der Waals surface area contributed by atoms with Crippen LogP contribution in [0.1, 0.15) is 12.7 Å². The van der Waals surface area contributed by atoms with Crippen LogP contribution in [-0.2, 0) is 0 Å². The molecule has 1 aliphatic rings. The van der Waals surface area contributed by atoms with Gasteiger partial charge in [-0.05, 0) is 48.2 Å². The number of benzene rings is 1. The summed E-state index contributed by atoms with van der Waals surface area (Å²) in [6.45, 7) is 2.05. The van der Waals surface area contributed by atoms with E-state index in [2.05, 4.69) is 36.4 Å². The summed E-state index contributed by atoms with van der Waals surface area (Å²) in [5, 5.41) is 12.5. The molecular formula is C18H15BrN4O2S. The van der Waals surface area contributed by atoms with Gasteiger partial charge in [-0.2, -0.15) is 4.98 Å². The SMILES string of the molecule is CCSc1nnc2c(n1)OC(C=Cc1ccco1)Nc1ccc(Br)cc1-2. The van der Waals surface area contributed by atoms with Crippen LogP contribution in [0.25, 0.3) is 17.3 Å². The molecule has 1 N–H and O–H groups in total. The third kappa shape index (κ3) is 3.61. The van der Waals surface area contributed by atoms with Gasteiger partial charge in [0.2, 0.25) is 11.0 Å². The molecule has 26 heavy (non-hydrogen) atoms. The fourth-order valence-corrected chi connectivity index (χ4v) is 3.40. The smallest absolute Gasteiger partial charge is 0.247 e. The molecule has 1 atom stereocenters. The number of ether oxygens (including phenoxy) is 1. The highest BCUT2D eigenvalue weighted by Gasteiger charge is 2.24. The van der Waals surface area contributed by atoms with Crippen LogP contribution in [0.2, 0.25) is 0 Å². The monoisotopic (exact) mass is 430 g/mol. The molecule has 0 amide bonds. The maximum Gasteiger partial charge on any atom is 0.247 e. The summed E-state index contributed by atoms with van der Waals surface area (Å²) in [5.41, 5.74) is 2.40. The highest BCUT2D eigenvalue weighted by Crippen LogP contribution is 2.38. The van der Waals surface area contributed by atoms with Crippen molar-refractivity contribution in [2.75, 3.05) is 11.1 Å². The lowest BCUT2D eigenvalue weighted by Crippen LogP contribution is -2.23. The Labute approximate surface area is 163 Å². The topological polar surface area (TPSA) is 73.1 Å². The predicted molar refractivity (Wildman–Crippen MR) is 105 cm³/mol. The second-order valence-corrected chi connectivity index (χ2v) is 7.58. The zero-order chi connectivity index (χ0) is 17.9. The van der Waals surface area contributed by atoms with E-state index in [4.69, 9.17) is 9.15 Å². The van der Waals surface area contributed by atoms with E-state index in [1.54, 1.807) is 6.26 Å². The average Bonchev–Trinajstić information content (AvgIpc) is 3.10. The van der Waals surface area contributed by atoms with Crippen LogP contribution < -0.4 is 10.1 Å². The van der Waals surface area contributed by atoms with Crippen LogP contribution in [0.15, 0.2) is 56.7 Å². The molecule has 6 nitrogen and oxygen atoms in total. The summed E-state index contributed by atoms with van der Waals surface area (Å²) in [6.07, 6.45) is 4.96. The predicted octanol–water partition coefficient (Wildman–Crippen LogP) is 4.85. The lowest BCUT2D eigenvalue weighted by molar-refractivity contribution is 0.266. The van der Waals surface area contributed by atoms with Crippen molar-refractivity contribution >= 4 is 39.5 Å². The van der Waals surface area contributed by atoms with Crippen molar-refractivity contribution in [2.24, 2.45) is 0 Å². The molecule has 4 rings (SSSR count). The van der Waals surface area contributed by atoms with Crippen molar-refractivity contribution in [3.8, 4) is 17.1 Å². The lowest BCUT2D eigenvalue weighted by atomic mass is 10.1. The fraction of sp³-hybridized carbons (Fsp3) is 0.167. The van der Waals surface area contributed by atoms with Gasteiger partial charge >= 0.3 is 0 Å². The maximum absolute atomic E-state index is 6.08. The van der Waals surface area contributed by atoms with Crippen LogP contribution in [0, 0.1) is 0 Å². The molecule has 0 saturated carbocycles. The molecule has 3 aromatic rings. The zero-order valence-electron chi connectivity index (χ0n) is 13.8. The minimum absolute atomic E-state index is 0.419. The van der Waals surface area contributed by atoms with Crippen molar-refractivity contribution in [3.05, 3.63) is 52.9 Å². The van der Waals surface area contributed by atoms with Crippen LogP contribution in [-0.4, -0.2) is 27.2 Å². The van der Waals surface area contributed by atoms with Crippen molar-refractivity contribution in [2.45, 2.75) is 18.3 Å². The normalized spacial score (nSPS) is 15.7. The number of fused-ring (bicyclic) bond motifs is 3. The molecule has 0 spiro atoms. The number of nitrogens with one attached hydrogen (secondary N) is 1. The number of anilines is 1. The van der Waals surface area contributed by atoms with Gasteiger partial charge in [-0.1, -0.05) is 34.6 Å². The average molecular weight is 431 g/mol. The molecular weight excluding hydrogens is 416 g/mol. The van der Waals surface area contributed by atoms with Gasteiger partial charge in [0.25, 0.3) is 0 Å². The minimum atomic E-state index is -0.419. The molecule has 0 saturated heterocycles. The summed E-state index contributed by atoms with van der Waals surface area (Å²) >= 11 is 5.04. The first kappa shape index (κ1) is 17.1. The molecule has 1 aliphatic heterocycles. The molecule has 2 aromatic heterocycles. The number of aromatic nitrogens is 3. The third-order valence-corrected chi connectivity index (χ3v) is 4.87. The number of halogens is 1. The van der Waals surface area contributed by atoms with Gasteiger partial charge in [-0.25, -0.2) is 0 Å². The summed E-state index contributed by atoms with van der Waals surface area (Å²) in [6, 6.07) is 9.64. The second kappa shape index (κ2) is 7.51. The summed E-state index contributed by atoms with van der Waals surface area (Å²) < 4.78 is 12.4. The van der Waals surface area contributed by atoms with Gasteiger partial charge in [0.05, 0.1) is 6.26 Å². The van der Waals surface area contributed by atoms with E-state index < -0.39 is 6.23 Å². The number of furan rings is 1. The van der Waals surface area contributed by atoms with Gasteiger partial charge < -0.3 is 14.5 Å². The van der Waals surface area contributed by atoms with Crippen LogP contribution in [0.3, 0.4) is 0 Å². The van der Waals surface area contributed by atoms with Crippen LogP contribution >= 0.6 is 27.7 Å². The van der Waals surface area contributed by atoms with Gasteiger partial charge in [0.15, 0.2) is 11.9 Å². The molecule has 1 unspecified atom stereocenters. The first-order valence-electron chi connectivity index (χ1n) is 8.05. The van der Waals surface area contributed by atoms with Crippen LogP contribution in [0.4, 0.5) is 5.69 Å². The number of hydrogen-bond acceptors (Lipinski definition) is 7. The Morgan fingerprint density at radius 1 is 1.31 bits per heavy atom. The quantitative estimate of drug-likeness (QED) is 0.592. The number of nitrogens with zero attached hydrogens (tertiary/aromatic N) is 3. The molecule has 0 aliphatic carbocycles. The second-order valence-electron chi connectivity index (χ2n) is 5.43. The van der Waals surface area contributed by atoms with E-state index in [0.717, 1.165) is 27.2 Å². The standard InChI is InChI=1S/C18H15BrN4O2S/c1-2-26-18-21-17-16(22-23-18)13-10-11(19)5-7-14(13)20-15(25-17)8-6-12-4-3-9-24-12/h3-10,15,20H,2H2,1H3. The number of hydrogen-bond donors (Lipinski definition) is 1. The highest BCUT2D eigenvalue weighted by atomic mass is 79.9. The first-order chi connectivity index (χ1) is 12.7. The largest absolute Gasteiger partial charge is 0.465 e. The number of rotatable bonds is 4. The van der Waals surface area contributed by atoms with E-state index in [1.807, 2.05) is 49.4 Å². The third-order valence-electron chi connectivity index (χ3n) is 3.66. The molecule has 8 heteroatoms. The van der Waals surface area contributed by atoms with Crippen molar-refractivity contribution in [3.63, 3.8) is 0 Å². The fourth-order valence-electron chi connectivity index (χ4n) is 2.54. The van der Waals surface area contributed by atoms with Crippen LogP contribution in [0.5, 0.6) is 5.88 Å². The van der Waals surface area contributed by atoms with E-state index in [-0.39, 0.29) is 0 Å². The van der Waals surface area contributed by atoms with Gasteiger partial charge in [-0.15, -0.1) is 10.2 Å². The molecule has 0 fully saturated rings. The van der Waals surface area contributed by atoms with Crippen molar-refractivity contribution in [1.29, 1.82) is 0 Å². The Bertz CT molecular complexity index is 946. The van der Waals surface area contributed by atoms with E-state index in [9.17, 15) is 0 Å². The first-order valence-corrected chi connectivity index (χ1v) is 9.83. The highest BCUT2D eigenvalue weighted by molar-refractivity contribution is 9.10. The summed E-state index contributed by atoms with van der Waals surface area (Å²) in [4.78, 5) is 4.54. The lowest BCUT2D eigenvalue weighted by Gasteiger charge is -2.15. The molecule has 0 radical (unpaired) electrons. The summed E-state index contributed by atoms with van der Waals surface area (Å²) in [7, 11) is 0. The maximum atomic E-state index is 6.08. The Hall–Kier alpha value is -2.32. The van der Waals surface area contributed by atoms with Gasteiger partial charge in [0.1, 0.15) is 5.76 Å². The Balaban J connectivity index is 1.76. The van der Waals surface area contributed by atoms with E-state index >= 15 is 0 Å². The zero-order valence-corrected chi connectivity index (χ0v) is 16.3. The molecule has 1 aromatic carbocycles. The minimum Gasteiger partial charge on any atom is -0.465 e. The van der Waals surface area contributed by atoms with Gasteiger partial charge in [-0.3, -0.25) is 0 Å². The Morgan fingerprint density at radius 3 is 3.04 bits per heavy atom. The van der Waals surface area contributed by atoms with Crippen molar-refractivity contribution < 1.29 is 9.15 Å². The molecule has 0 bridgehead atoms. The Kier molecular flexibility index (Phi) is 4.94. The van der Waals surface area contributed by atoms with Crippen molar-refractivity contribution in [1.82, 2.24) is 15.2 Å². The van der Waals surface area contributed by atoms with Gasteiger partial charge in [0, 0.05) is 15.7 Å². The number of thioether (sulfide) groups is 1. The van der Waals surface area contributed by atoms with E-state index in [0.29, 0.717) is 16.7 Å². The Morgan fingerprint density at radius 2 is 2.23 bits per heavy atom.